The molecule has 1 fully saturated rings. The van der Waals surface area contributed by atoms with Gasteiger partial charge in [-0.15, -0.1) is 0 Å². The molecule has 4 atom stereocenters. The molecule has 2 heteroatoms. The summed E-state index contributed by atoms with van der Waals surface area (Å²) in [7, 11) is 2.09. The van der Waals surface area contributed by atoms with Gasteiger partial charge in [0.15, 0.2) is 0 Å². The van der Waals surface area contributed by atoms with Gasteiger partial charge in [0.2, 0.25) is 0 Å². The van der Waals surface area contributed by atoms with Gasteiger partial charge in [0.05, 0.1) is 12.2 Å². The minimum atomic E-state index is 0.424. The van der Waals surface area contributed by atoms with E-state index >= 15 is 0 Å². The average Bonchev–Trinajstić information content (AvgIpc) is 2.44. The quantitative estimate of drug-likeness (QED) is 0.575. The predicted molar refractivity (Wildman–Crippen MR) is 88.2 cm³/mol. The lowest BCUT2D eigenvalue weighted by molar-refractivity contribution is -0.0530. The Labute approximate surface area is 127 Å². The van der Waals surface area contributed by atoms with E-state index in [4.69, 9.17) is 4.74 Å². The van der Waals surface area contributed by atoms with Crippen LogP contribution in [0.3, 0.4) is 0 Å². The molecule has 4 unspecified atom stereocenters. The molecule has 1 aliphatic carbocycles. The largest absolute Gasteiger partial charge is 0.374 e. The summed E-state index contributed by atoms with van der Waals surface area (Å²) in [5.41, 5.74) is 0. The average molecular weight is 283 g/mol. The molecule has 120 valence electrons. The van der Waals surface area contributed by atoms with E-state index in [0.717, 1.165) is 5.92 Å². The second-order valence-electron chi connectivity index (χ2n) is 6.70. The van der Waals surface area contributed by atoms with E-state index in [2.05, 4.69) is 33.1 Å². The molecule has 2 nitrogen and oxygen atoms in total. The Bertz CT molecular complexity index is 231. The first-order valence-electron chi connectivity index (χ1n) is 9.03. The number of nitrogens with one attached hydrogen (secondary N) is 1. The van der Waals surface area contributed by atoms with Crippen LogP contribution < -0.4 is 5.32 Å². The molecule has 1 N–H and O–H groups in total. The van der Waals surface area contributed by atoms with Crippen LogP contribution in [0.15, 0.2) is 0 Å². The molecule has 0 radical (unpaired) electrons. The van der Waals surface area contributed by atoms with E-state index in [0.29, 0.717) is 18.2 Å². The highest BCUT2D eigenvalue weighted by Gasteiger charge is 2.30. The van der Waals surface area contributed by atoms with Gasteiger partial charge < -0.3 is 10.1 Å². The lowest BCUT2D eigenvalue weighted by atomic mass is 9.81. The summed E-state index contributed by atoms with van der Waals surface area (Å²) >= 11 is 0. The molecule has 1 aliphatic rings. The highest BCUT2D eigenvalue weighted by Crippen LogP contribution is 2.30. The van der Waals surface area contributed by atoms with E-state index in [1.165, 1.54) is 64.2 Å². The molecule has 0 aromatic rings. The standard InChI is InChI=1S/C18H37NO/c1-5-7-8-9-11-15(3)20-18-14-16(10-6-2)12-13-17(18)19-4/h15-19H,5-14H2,1-4H3. The monoisotopic (exact) mass is 283 g/mol. The Balaban J connectivity index is 2.32. The molecule has 0 aromatic carbocycles. The first kappa shape index (κ1) is 18.0. The Morgan fingerprint density at radius 3 is 2.55 bits per heavy atom. The lowest BCUT2D eigenvalue weighted by Crippen LogP contribution is -2.45. The van der Waals surface area contributed by atoms with Gasteiger partial charge in [-0.3, -0.25) is 0 Å². The molecule has 0 heterocycles. The van der Waals surface area contributed by atoms with Crippen LogP contribution in [-0.2, 0) is 4.74 Å². The minimum absolute atomic E-state index is 0.424. The van der Waals surface area contributed by atoms with Crippen molar-refractivity contribution in [1.29, 1.82) is 0 Å². The second-order valence-corrected chi connectivity index (χ2v) is 6.70. The fourth-order valence-corrected chi connectivity index (χ4v) is 3.59. The molecule has 0 bridgehead atoms. The molecule has 0 amide bonds. The van der Waals surface area contributed by atoms with E-state index in [1.807, 2.05) is 0 Å². The fourth-order valence-electron chi connectivity index (χ4n) is 3.59. The van der Waals surface area contributed by atoms with Gasteiger partial charge in [-0.25, -0.2) is 0 Å². The van der Waals surface area contributed by atoms with Crippen molar-refractivity contribution in [3.05, 3.63) is 0 Å². The van der Waals surface area contributed by atoms with Crippen LogP contribution in [-0.4, -0.2) is 25.3 Å². The molecule has 0 aliphatic heterocycles. The molecular weight excluding hydrogens is 246 g/mol. The maximum Gasteiger partial charge on any atom is 0.0734 e. The molecule has 0 saturated heterocycles. The van der Waals surface area contributed by atoms with E-state index in [-0.39, 0.29) is 0 Å². The number of ether oxygens (including phenoxy) is 1. The van der Waals surface area contributed by atoms with Crippen molar-refractivity contribution in [3.8, 4) is 0 Å². The first-order chi connectivity index (χ1) is 9.71. The van der Waals surface area contributed by atoms with Crippen molar-refractivity contribution in [2.45, 2.75) is 103 Å². The zero-order valence-electron chi connectivity index (χ0n) is 14.3. The topological polar surface area (TPSA) is 21.3 Å². The van der Waals surface area contributed by atoms with Gasteiger partial charge in [0.25, 0.3) is 0 Å². The maximum atomic E-state index is 6.39. The van der Waals surface area contributed by atoms with Crippen LogP contribution in [0.4, 0.5) is 0 Å². The third-order valence-electron chi connectivity index (χ3n) is 4.84. The lowest BCUT2D eigenvalue weighted by Gasteiger charge is -2.37. The fraction of sp³-hybridized carbons (Fsp3) is 1.00. The third-order valence-corrected chi connectivity index (χ3v) is 4.84. The Hall–Kier alpha value is -0.0800. The summed E-state index contributed by atoms with van der Waals surface area (Å²) in [6.07, 6.45) is 14.1. The molecular formula is C18H37NO. The second kappa shape index (κ2) is 10.6. The normalized spacial score (nSPS) is 28.5. The molecule has 20 heavy (non-hydrogen) atoms. The van der Waals surface area contributed by atoms with Crippen LogP contribution >= 0.6 is 0 Å². The molecule has 1 saturated carbocycles. The summed E-state index contributed by atoms with van der Waals surface area (Å²) < 4.78 is 6.39. The number of unbranched alkanes of at least 4 members (excludes halogenated alkanes) is 3. The Morgan fingerprint density at radius 2 is 1.90 bits per heavy atom. The van der Waals surface area contributed by atoms with Gasteiger partial charge in [0, 0.05) is 6.04 Å². The molecule has 1 rings (SSSR count). The van der Waals surface area contributed by atoms with E-state index < -0.39 is 0 Å². The van der Waals surface area contributed by atoms with Gasteiger partial charge in [-0.05, 0) is 45.6 Å². The third kappa shape index (κ3) is 6.58. The highest BCUT2D eigenvalue weighted by molar-refractivity contribution is 4.85. The Kier molecular flexibility index (Phi) is 9.54. The van der Waals surface area contributed by atoms with Crippen LogP contribution in [0, 0.1) is 5.92 Å². The van der Waals surface area contributed by atoms with Gasteiger partial charge >= 0.3 is 0 Å². The van der Waals surface area contributed by atoms with E-state index in [9.17, 15) is 0 Å². The minimum Gasteiger partial charge on any atom is -0.374 e. The van der Waals surface area contributed by atoms with Crippen molar-refractivity contribution in [2.75, 3.05) is 7.05 Å². The van der Waals surface area contributed by atoms with E-state index in [1.54, 1.807) is 0 Å². The summed E-state index contributed by atoms with van der Waals surface area (Å²) in [6.45, 7) is 6.84. The van der Waals surface area contributed by atoms with Crippen molar-refractivity contribution in [2.24, 2.45) is 5.92 Å². The van der Waals surface area contributed by atoms with Crippen LogP contribution in [0.2, 0.25) is 0 Å². The summed E-state index contributed by atoms with van der Waals surface area (Å²) in [5, 5.41) is 3.47. The molecule has 0 spiro atoms. The number of rotatable bonds is 10. The summed E-state index contributed by atoms with van der Waals surface area (Å²) in [5.74, 6) is 0.891. The smallest absolute Gasteiger partial charge is 0.0734 e. The first-order valence-corrected chi connectivity index (χ1v) is 9.03. The number of hydrogen-bond acceptors (Lipinski definition) is 2. The Morgan fingerprint density at radius 1 is 1.10 bits per heavy atom. The van der Waals surface area contributed by atoms with Gasteiger partial charge in [-0.1, -0.05) is 52.4 Å². The van der Waals surface area contributed by atoms with Crippen molar-refractivity contribution < 1.29 is 4.74 Å². The van der Waals surface area contributed by atoms with Crippen LogP contribution in [0.5, 0.6) is 0 Å². The predicted octanol–water partition coefficient (Wildman–Crippen LogP) is 4.92. The van der Waals surface area contributed by atoms with Crippen molar-refractivity contribution in [3.63, 3.8) is 0 Å². The summed E-state index contributed by atoms with van der Waals surface area (Å²) in [6, 6.07) is 0.571. The molecule has 0 aromatic heterocycles. The van der Waals surface area contributed by atoms with Crippen LogP contribution in [0.25, 0.3) is 0 Å². The van der Waals surface area contributed by atoms with Gasteiger partial charge in [-0.2, -0.15) is 0 Å². The SMILES string of the molecule is CCCCCCC(C)OC1CC(CCC)CCC1NC. The van der Waals surface area contributed by atoms with Gasteiger partial charge in [0.1, 0.15) is 0 Å². The number of likely N-dealkylation sites (N-methyl/N-ethyl adjacent to an activating group) is 1. The maximum absolute atomic E-state index is 6.39. The van der Waals surface area contributed by atoms with Crippen molar-refractivity contribution in [1.82, 2.24) is 5.32 Å². The highest BCUT2D eigenvalue weighted by atomic mass is 16.5. The summed E-state index contributed by atoms with van der Waals surface area (Å²) in [4.78, 5) is 0. The number of hydrogen-bond donors (Lipinski definition) is 1. The van der Waals surface area contributed by atoms with Crippen molar-refractivity contribution >= 4 is 0 Å². The zero-order chi connectivity index (χ0) is 14.8. The zero-order valence-corrected chi connectivity index (χ0v) is 14.3. The van der Waals surface area contributed by atoms with Crippen LogP contribution in [0.1, 0.15) is 85.0 Å².